The number of amides is 1. The van der Waals surface area contributed by atoms with Gasteiger partial charge in [0.15, 0.2) is 0 Å². The molecule has 0 saturated heterocycles. The molecule has 0 saturated carbocycles. The molecule has 5 heteroatoms. The summed E-state index contributed by atoms with van der Waals surface area (Å²) in [5.41, 5.74) is 2.60. The maximum Gasteiger partial charge on any atom is 0.259 e. The van der Waals surface area contributed by atoms with E-state index in [1.165, 1.54) is 17.2 Å². The number of pyridine rings is 1. The van der Waals surface area contributed by atoms with E-state index in [-0.39, 0.29) is 11.7 Å². The van der Waals surface area contributed by atoms with Crippen molar-refractivity contribution in [3.63, 3.8) is 0 Å². The van der Waals surface area contributed by atoms with Crippen LogP contribution in [0.4, 0.5) is 10.1 Å². The third kappa shape index (κ3) is 3.81. The number of aryl methyl sites for hydroxylation is 2. The Morgan fingerprint density at radius 2 is 2.16 bits per heavy atom. The summed E-state index contributed by atoms with van der Waals surface area (Å²) in [6, 6.07) is 6.81. The lowest BCUT2D eigenvalue weighted by Crippen LogP contribution is -2.36. The van der Waals surface area contributed by atoms with Crippen LogP contribution in [0, 0.1) is 18.7 Å². The van der Waals surface area contributed by atoms with Crippen LogP contribution in [0.3, 0.4) is 0 Å². The van der Waals surface area contributed by atoms with E-state index in [2.05, 4.69) is 18.8 Å². The van der Waals surface area contributed by atoms with Crippen molar-refractivity contribution in [1.82, 2.24) is 4.98 Å². The molecule has 3 rings (SSSR count). The van der Waals surface area contributed by atoms with Crippen LogP contribution < -0.4 is 9.64 Å². The zero-order chi connectivity index (χ0) is 18.0. The number of anilines is 1. The lowest BCUT2D eigenvalue weighted by atomic mass is 9.98. The van der Waals surface area contributed by atoms with E-state index in [0.29, 0.717) is 36.2 Å². The maximum atomic E-state index is 14.5. The second-order valence-electron chi connectivity index (χ2n) is 6.90. The minimum atomic E-state index is -0.340. The van der Waals surface area contributed by atoms with Gasteiger partial charge < -0.3 is 9.64 Å². The molecule has 1 aliphatic rings. The Morgan fingerprint density at radius 1 is 1.36 bits per heavy atom. The van der Waals surface area contributed by atoms with Crippen LogP contribution in [-0.4, -0.2) is 24.0 Å². The van der Waals surface area contributed by atoms with Crippen LogP contribution in [0.5, 0.6) is 5.88 Å². The van der Waals surface area contributed by atoms with E-state index < -0.39 is 0 Å². The normalized spacial score (nSPS) is 13.7. The second-order valence-corrected chi connectivity index (χ2v) is 6.90. The van der Waals surface area contributed by atoms with E-state index in [0.717, 1.165) is 24.0 Å². The Bertz CT molecular complexity index is 772. The van der Waals surface area contributed by atoms with Gasteiger partial charge in [0.2, 0.25) is 5.88 Å². The average Bonchev–Trinajstić information content (AvgIpc) is 2.59. The number of hydrogen-bond donors (Lipinski definition) is 0. The van der Waals surface area contributed by atoms with Crippen molar-refractivity contribution >= 4 is 11.6 Å². The monoisotopic (exact) mass is 342 g/mol. The Balaban J connectivity index is 1.83. The zero-order valence-corrected chi connectivity index (χ0v) is 14.9. The van der Waals surface area contributed by atoms with Crippen LogP contribution >= 0.6 is 0 Å². The first-order chi connectivity index (χ1) is 12.0. The lowest BCUT2D eigenvalue weighted by molar-refractivity contribution is 0.0983. The summed E-state index contributed by atoms with van der Waals surface area (Å²) in [7, 11) is 0. The summed E-state index contributed by atoms with van der Waals surface area (Å²) >= 11 is 0. The molecule has 1 aromatic heterocycles. The summed E-state index contributed by atoms with van der Waals surface area (Å²) in [4.78, 5) is 18.6. The Hall–Kier alpha value is -2.43. The van der Waals surface area contributed by atoms with Crippen molar-refractivity contribution < 1.29 is 13.9 Å². The SMILES string of the molecule is Cc1cc(F)c2c(c1)CCCN2C(=O)c1ccc(OCC(C)C)nc1. The number of nitrogens with zero attached hydrogens (tertiary/aromatic N) is 2. The Kier molecular flexibility index (Phi) is 5.02. The first-order valence-corrected chi connectivity index (χ1v) is 8.65. The average molecular weight is 342 g/mol. The van der Waals surface area contributed by atoms with Crippen molar-refractivity contribution in [2.24, 2.45) is 5.92 Å². The fourth-order valence-corrected chi connectivity index (χ4v) is 3.04. The summed E-state index contributed by atoms with van der Waals surface area (Å²) in [5.74, 6) is 0.324. The topological polar surface area (TPSA) is 42.4 Å². The van der Waals surface area contributed by atoms with Gasteiger partial charge in [-0.3, -0.25) is 4.79 Å². The molecule has 0 N–H and O–H groups in total. The maximum absolute atomic E-state index is 14.5. The summed E-state index contributed by atoms with van der Waals surface area (Å²) in [6.07, 6.45) is 3.11. The van der Waals surface area contributed by atoms with Crippen molar-refractivity contribution in [1.29, 1.82) is 0 Å². The number of ether oxygens (including phenoxy) is 1. The highest BCUT2D eigenvalue weighted by Gasteiger charge is 2.27. The van der Waals surface area contributed by atoms with Gasteiger partial charge in [-0.05, 0) is 48.9 Å². The molecule has 2 aromatic rings. The summed E-state index contributed by atoms with van der Waals surface area (Å²) in [5, 5.41) is 0. The van der Waals surface area contributed by atoms with Crippen LogP contribution in [0.25, 0.3) is 0 Å². The van der Waals surface area contributed by atoms with Crippen molar-refractivity contribution in [3.8, 4) is 5.88 Å². The van der Waals surface area contributed by atoms with Gasteiger partial charge in [-0.1, -0.05) is 19.9 Å². The lowest BCUT2D eigenvalue weighted by Gasteiger charge is -2.30. The minimum Gasteiger partial charge on any atom is -0.477 e. The van der Waals surface area contributed by atoms with Crippen LogP contribution in [-0.2, 0) is 6.42 Å². The van der Waals surface area contributed by atoms with E-state index in [1.54, 1.807) is 12.1 Å². The molecule has 0 atom stereocenters. The molecule has 132 valence electrons. The van der Waals surface area contributed by atoms with Crippen molar-refractivity contribution in [2.75, 3.05) is 18.1 Å². The third-order valence-corrected chi connectivity index (χ3v) is 4.18. The number of carbonyl (C=O) groups excluding carboxylic acids is 1. The fourth-order valence-electron chi connectivity index (χ4n) is 3.04. The number of halogens is 1. The van der Waals surface area contributed by atoms with Crippen molar-refractivity contribution in [2.45, 2.75) is 33.6 Å². The molecule has 0 fully saturated rings. The number of aromatic nitrogens is 1. The van der Waals surface area contributed by atoms with E-state index in [9.17, 15) is 9.18 Å². The molecule has 0 bridgehead atoms. The Labute approximate surface area is 147 Å². The standard InChI is InChI=1S/C20H23FN2O2/c1-13(2)12-25-18-7-6-16(11-22-18)20(24)23-8-4-5-15-9-14(3)10-17(21)19(15)23/h6-7,9-11,13H,4-5,8,12H2,1-3H3. The predicted octanol–water partition coefficient (Wildman–Crippen LogP) is 4.16. The fraction of sp³-hybridized carbons (Fsp3) is 0.400. The van der Waals surface area contributed by atoms with Crippen LogP contribution in [0.1, 0.15) is 41.8 Å². The number of hydrogen-bond acceptors (Lipinski definition) is 3. The zero-order valence-electron chi connectivity index (χ0n) is 14.9. The second kappa shape index (κ2) is 7.21. The molecule has 0 unspecified atom stereocenters. The third-order valence-electron chi connectivity index (χ3n) is 4.18. The molecule has 0 aliphatic carbocycles. The van der Waals surface area contributed by atoms with E-state index >= 15 is 0 Å². The van der Waals surface area contributed by atoms with Crippen molar-refractivity contribution in [3.05, 3.63) is 53.0 Å². The number of rotatable bonds is 4. The van der Waals surface area contributed by atoms with Gasteiger partial charge in [-0.25, -0.2) is 9.37 Å². The number of benzene rings is 1. The highest BCUT2D eigenvalue weighted by atomic mass is 19.1. The van der Waals surface area contributed by atoms with Crippen LogP contribution in [0.2, 0.25) is 0 Å². The van der Waals surface area contributed by atoms with Gasteiger partial charge in [0.1, 0.15) is 5.82 Å². The first kappa shape index (κ1) is 17.4. The van der Waals surface area contributed by atoms with Gasteiger partial charge in [-0.2, -0.15) is 0 Å². The van der Waals surface area contributed by atoms with Crippen LogP contribution in [0.15, 0.2) is 30.5 Å². The summed E-state index contributed by atoms with van der Waals surface area (Å²) < 4.78 is 20.0. The molecule has 25 heavy (non-hydrogen) atoms. The van der Waals surface area contributed by atoms with Gasteiger partial charge in [0, 0.05) is 18.8 Å². The van der Waals surface area contributed by atoms with Gasteiger partial charge >= 0.3 is 0 Å². The molecular weight excluding hydrogens is 319 g/mol. The quantitative estimate of drug-likeness (QED) is 0.838. The van der Waals surface area contributed by atoms with Gasteiger partial charge in [0.25, 0.3) is 5.91 Å². The largest absolute Gasteiger partial charge is 0.477 e. The van der Waals surface area contributed by atoms with Gasteiger partial charge in [0.05, 0.1) is 17.9 Å². The van der Waals surface area contributed by atoms with Gasteiger partial charge in [-0.15, -0.1) is 0 Å². The highest BCUT2D eigenvalue weighted by molar-refractivity contribution is 6.06. The molecule has 0 radical (unpaired) electrons. The van der Waals surface area contributed by atoms with E-state index in [1.807, 2.05) is 13.0 Å². The van der Waals surface area contributed by atoms with E-state index in [4.69, 9.17) is 4.74 Å². The molecule has 0 spiro atoms. The molecule has 2 heterocycles. The molecular formula is C20H23FN2O2. The number of carbonyl (C=O) groups is 1. The predicted molar refractivity (Wildman–Crippen MR) is 95.7 cm³/mol. The summed E-state index contributed by atoms with van der Waals surface area (Å²) in [6.45, 7) is 7.07. The smallest absolute Gasteiger partial charge is 0.259 e. The molecule has 1 aromatic carbocycles. The molecule has 1 aliphatic heterocycles. The first-order valence-electron chi connectivity index (χ1n) is 8.65. The molecule has 1 amide bonds. The highest BCUT2D eigenvalue weighted by Crippen LogP contribution is 2.32. The Morgan fingerprint density at radius 3 is 2.84 bits per heavy atom. The number of fused-ring (bicyclic) bond motifs is 1. The molecule has 4 nitrogen and oxygen atoms in total. The minimum absolute atomic E-state index is 0.230.